The first kappa shape index (κ1) is 10.9. The Morgan fingerprint density at radius 3 is 2.87 bits per heavy atom. The SMILES string of the molecule is CC(=O)N[C@H]1CCC[C@H]2CN(C)CC[C@@H]21. The lowest BCUT2D eigenvalue weighted by atomic mass is 9.72. The Labute approximate surface area is 92.2 Å². The second kappa shape index (κ2) is 4.52. The average molecular weight is 210 g/mol. The molecule has 0 unspecified atom stereocenters. The van der Waals surface area contributed by atoms with Crippen LogP contribution in [0.15, 0.2) is 0 Å². The number of nitrogens with zero attached hydrogens (tertiary/aromatic N) is 1. The van der Waals surface area contributed by atoms with Gasteiger partial charge in [-0.2, -0.15) is 0 Å². The van der Waals surface area contributed by atoms with Crippen molar-refractivity contribution in [1.29, 1.82) is 0 Å². The summed E-state index contributed by atoms with van der Waals surface area (Å²) in [6.07, 6.45) is 5.07. The molecule has 1 N–H and O–H groups in total. The van der Waals surface area contributed by atoms with Gasteiger partial charge in [0, 0.05) is 19.5 Å². The van der Waals surface area contributed by atoms with Crippen molar-refractivity contribution in [3.8, 4) is 0 Å². The smallest absolute Gasteiger partial charge is 0.217 e. The number of hydrogen-bond acceptors (Lipinski definition) is 2. The van der Waals surface area contributed by atoms with Crippen molar-refractivity contribution in [3.63, 3.8) is 0 Å². The third-order valence-electron chi connectivity index (χ3n) is 3.99. The van der Waals surface area contributed by atoms with E-state index in [1.807, 2.05) is 0 Å². The van der Waals surface area contributed by atoms with E-state index >= 15 is 0 Å². The first-order chi connectivity index (χ1) is 7.16. The molecule has 2 fully saturated rings. The average Bonchev–Trinajstić information content (AvgIpc) is 2.16. The van der Waals surface area contributed by atoms with Crippen LogP contribution in [0.4, 0.5) is 0 Å². The summed E-state index contributed by atoms with van der Waals surface area (Å²) in [5.74, 6) is 1.69. The third-order valence-corrected chi connectivity index (χ3v) is 3.99. The van der Waals surface area contributed by atoms with Gasteiger partial charge in [0.25, 0.3) is 0 Å². The zero-order valence-corrected chi connectivity index (χ0v) is 9.83. The van der Waals surface area contributed by atoms with Crippen molar-refractivity contribution in [2.75, 3.05) is 20.1 Å². The first-order valence-electron chi connectivity index (χ1n) is 6.12. The Morgan fingerprint density at radius 1 is 1.33 bits per heavy atom. The number of hydrogen-bond donors (Lipinski definition) is 1. The van der Waals surface area contributed by atoms with E-state index < -0.39 is 0 Å². The van der Waals surface area contributed by atoms with Gasteiger partial charge in [-0.25, -0.2) is 0 Å². The predicted octanol–water partition coefficient (Wildman–Crippen LogP) is 1.24. The van der Waals surface area contributed by atoms with Crippen LogP contribution >= 0.6 is 0 Å². The molecule has 0 bridgehead atoms. The van der Waals surface area contributed by atoms with Crippen LogP contribution < -0.4 is 5.32 Å². The van der Waals surface area contributed by atoms with Crippen LogP contribution in [0, 0.1) is 11.8 Å². The molecule has 1 saturated carbocycles. The monoisotopic (exact) mass is 210 g/mol. The Hall–Kier alpha value is -0.570. The molecule has 1 saturated heterocycles. The molecule has 1 aliphatic heterocycles. The van der Waals surface area contributed by atoms with E-state index in [1.54, 1.807) is 6.92 Å². The van der Waals surface area contributed by atoms with Gasteiger partial charge in [0.05, 0.1) is 0 Å². The van der Waals surface area contributed by atoms with Crippen LogP contribution in [0.1, 0.15) is 32.6 Å². The summed E-state index contributed by atoms with van der Waals surface area (Å²) in [7, 11) is 2.21. The van der Waals surface area contributed by atoms with Gasteiger partial charge in [0.15, 0.2) is 0 Å². The number of carbonyl (C=O) groups excluding carboxylic acids is 1. The molecule has 0 aromatic heterocycles. The Kier molecular flexibility index (Phi) is 3.29. The Bertz CT molecular complexity index is 242. The number of nitrogens with one attached hydrogen (secondary N) is 1. The van der Waals surface area contributed by atoms with Crippen molar-refractivity contribution in [1.82, 2.24) is 10.2 Å². The van der Waals surface area contributed by atoms with E-state index in [1.165, 1.54) is 38.8 Å². The molecule has 3 atom stereocenters. The molecule has 1 aliphatic carbocycles. The lowest BCUT2D eigenvalue weighted by molar-refractivity contribution is -0.120. The van der Waals surface area contributed by atoms with Crippen LogP contribution in [0.25, 0.3) is 0 Å². The van der Waals surface area contributed by atoms with E-state index in [0.717, 1.165) is 11.8 Å². The second-order valence-corrected chi connectivity index (χ2v) is 5.21. The fourth-order valence-corrected chi connectivity index (χ4v) is 3.32. The zero-order valence-electron chi connectivity index (χ0n) is 9.83. The molecular formula is C12H22N2O. The summed E-state index contributed by atoms with van der Waals surface area (Å²) >= 11 is 0. The summed E-state index contributed by atoms with van der Waals surface area (Å²) in [4.78, 5) is 13.6. The lowest BCUT2D eigenvalue weighted by Gasteiger charge is -2.44. The van der Waals surface area contributed by atoms with E-state index in [2.05, 4.69) is 17.3 Å². The molecule has 2 rings (SSSR count). The first-order valence-corrected chi connectivity index (χ1v) is 6.12. The molecule has 0 spiro atoms. The van der Waals surface area contributed by atoms with E-state index in [9.17, 15) is 4.79 Å². The maximum atomic E-state index is 11.1. The number of piperidine rings is 1. The fraction of sp³-hybridized carbons (Fsp3) is 0.917. The topological polar surface area (TPSA) is 32.3 Å². The number of fused-ring (bicyclic) bond motifs is 1. The third kappa shape index (κ3) is 2.51. The van der Waals surface area contributed by atoms with Gasteiger partial charge in [-0.05, 0) is 44.7 Å². The van der Waals surface area contributed by atoms with Gasteiger partial charge < -0.3 is 10.2 Å². The second-order valence-electron chi connectivity index (χ2n) is 5.21. The fourth-order valence-electron chi connectivity index (χ4n) is 3.32. The summed E-state index contributed by atoms with van der Waals surface area (Å²) in [5.41, 5.74) is 0. The molecular weight excluding hydrogens is 188 g/mol. The Balaban J connectivity index is 1.98. The maximum Gasteiger partial charge on any atom is 0.217 e. The van der Waals surface area contributed by atoms with Crippen LogP contribution in [0.5, 0.6) is 0 Å². The minimum absolute atomic E-state index is 0.138. The Morgan fingerprint density at radius 2 is 2.13 bits per heavy atom. The van der Waals surface area contributed by atoms with E-state index in [4.69, 9.17) is 0 Å². The summed E-state index contributed by atoms with van der Waals surface area (Å²) in [6.45, 7) is 4.05. The van der Waals surface area contributed by atoms with Crippen LogP contribution in [-0.4, -0.2) is 37.0 Å². The van der Waals surface area contributed by atoms with E-state index in [-0.39, 0.29) is 5.91 Å². The van der Waals surface area contributed by atoms with E-state index in [0.29, 0.717) is 6.04 Å². The molecule has 1 heterocycles. The summed E-state index contributed by atoms with van der Waals surface area (Å²) in [5, 5.41) is 3.14. The van der Waals surface area contributed by atoms with Gasteiger partial charge in [0.1, 0.15) is 0 Å². The van der Waals surface area contributed by atoms with Gasteiger partial charge >= 0.3 is 0 Å². The quantitative estimate of drug-likeness (QED) is 0.706. The normalized spacial score (nSPS) is 37.1. The molecule has 3 nitrogen and oxygen atoms in total. The largest absolute Gasteiger partial charge is 0.353 e. The van der Waals surface area contributed by atoms with Crippen LogP contribution in [0.2, 0.25) is 0 Å². The highest BCUT2D eigenvalue weighted by Gasteiger charge is 2.36. The van der Waals surface area contributed by atoms with Crippen molar-refractivity contribution in [2.45, 2.75) is 38.6 Å². The van der Waals surface area contributed by atoms with Gasteiger partial charge in [-0.3, -0.25) is 4.79 Å². The van der Waals surface area contributed by atoms with Crippen molar-refractivity contribution < 1.29 is 4.79 Å². The number of carbonyl (C=O) groups is 1. The summed E-state index contributed by atoms with van der Waals surface area (Å²) < 4.78 is 0. The minimum atomic E-state index is 0.138. The van der Waals surface area contributed by atoms with Gasteiger partial charge in [-0.1, -0.05) is 6.42 Å². The molecule has 86 valence electrons. The predicted molar refractivity (Wildman–Crippen MR) is 60.5 cm³/mol. The lowest BCUT2D eigenvalue weighted by Crippen LogP contribution is -2.50. The molecule has 1 amide bonds. The zero-order chi connectivity index (χ0) is 10.8. The van der Waals surface area contributed by atoms with Gasteiger partial charge in [0.2, 0.25) is 5.91 Å². The highest BCUT2D eigenvalue weighted by atomic mass is 16.1. The maximum absolute atomic E-state index is 11.1. The van der Waals surface area contributed by atoms with Crippen LogP contribution in [0.3, 0.4) is 0 Å². The number of likely N-dealkylation sites (tertiary alicyclic amines) is 1. The van der Waals surface area contributed by atoms with Crippen molar-refractivity contribution in [3.05, 3.63) is 0 Å². The molecule has 0 aromatic rings. The highest BCUT2D eigenvalue weighted by Crippen LogP contribution is 2.35. The molecule has 2 aliphatic rings. The molecule has 15 heavy (non-hydrogen) atoms. The molecule has 0 radical (unpaired) electrons. The molecule has 0 aromatic carbocycles. The number of amides is 1. The highest BCUT2D eigenvalue weighted by molar-refractivity contribution is 5.73. The molecule has 3 heteroatoms. The minimum Gasteiger partial charge on any atom is -0.353 e. The number of rotatable bonds is 1. The van der Waals surface area contributed by atoms with Gasteiger partial charge in [-0.15, -0.1) is 0 Å². The standard InChI is InChI=1S/C12H22N2O/c1-9(15)13-12-5-3-4-10-8-14(2)7-6-11(10)12/h10-12H,3-8H2,1-2H3,(H,13,15)/t10-,11-,12-/m0/s1. The van der Waals surface area contributed by atoms with Crippen molar-refractivity contribution >= 4 is 5.91 Å². The van der Waals surface area contributed by atoms with Crippen LogP contribution in [-0.2, 0) is 4.79 Å². The van der Waals surface area contributed by atoms with Crippen molar-refractivity contribution in [2.24, 2.45) is 11.8 Å². The summed E-state index contributed by atoms with van der Waals surface area (Å²) in [6, 6.07) is 0.454.